The van der Waals surface area contributed by atoms with Gasteiger partial charge in [0.15, 0.2) is 0 Å². The molecule has 1 rings (SSSR count). The molecule has 2 atom stereocenters. The molecule has 0 aromatic carbocycles. The fraction of sp³-hybridized carbons (Fsp3) is 0.375. The minimum atomic E-state index is 0. The number of hydrogen-bond donors (Lipinski definition) is 1. The number of rotatable bonds is 1. The Morgan fingerprint density at radius 3 is 2.54 bits per heavy atom. The van der Waals surface area contributed by atoms with E-state index in [1.165, 1.54) is 0 Å². The second-order valence-electron chi connectivity index (χ2n) is 2.23. The van der Waals surface area contributed by atoms with Crippen molar-refractivity contribution in [2.45, 2.75) is 12.8 Å². The van der Waals surface area contributed by atoms with E-state index in [0.717, 1.165) is 18.4 Å². The Morgan fingerprint density at radius 1 is 1.46 bits per heavy atom. The Bertz CT molecular complexity index is 210. The van der Waals surface area contributed by atoms with Crippen molar-refractivity contribution < 1.29 is 31.3 Å². The second kappa shape index (κ2) is 10.8. The fourth-order valence-corrected chi connectivity index (χ4v) is 0.928. The summed E-state index contributed by atoms with van der Waals surface area (Å²) in [7, 11) is 1.70. The van der Waals surface area contributed by atoms with Crippen LogP contribution in [0.25, 0.3) is 0 Å². The summed E-state index contributed by atoms with van der Waals surface area (Å²) in [5.41, 5.74) is 0.841. The minimum Gasteiger partial charge on any atom is -0.512 e. The van der Waals surface area contributed by atoms with Gasteiger partial charge < -0.3 is 5.11 Å². The first kappa shape index (κ1) is 19.3. The molecule has 0 saturated heterocycles. The van der Waals surface area contributed by atoms with Gasteiger partial charge in [0.05, 0.1) is 0 Å². The van der Waals surface area contributed by atoms with Crippen molar-refractivity contribution in [2.75, 3.05) is 7.05 Å². The molecule has 2 nitrogen and oxygen atoms in total. The van der Waals surface area contributed by atoms with E-state index < -0.39 is 0 Å². The van der Waals surface area contributed by atoms with E-state index in [1.54, 1.807) is 13.3 Å². The molecule has 0 radical (unpaired) electrons. The van der Waals surface area contributed by atoms with Gasteiger partial charge in [0.2, 0.25) is 0 Å². The third kappa shape index (κ3) is 6.72. The average Bonchev–Trinajstić information content (AvgIpc) is 1.94. The van der Waals surface area contributed by atoms with Crippen LogP contribution < -0.4 is 0 Å². The summed E-state index contributed by atoms with van der Waals surface area (Å²) in [6.45, 7) is 0. The number of aliphatic hydroxyl groups excluding tert-OH is 1. The van der Waals surface area contributed by atoms with Gasteiger partial charge in [-0.2, -0.15) is 19.8 Å². The van der Waals surface area contributed by atoms with E-state index in [0.29, 0.717) is 5.76 Å². The molecule has 1 aliphatic rings. The zero-order valence-electron chi connectivity index (χ0n) is 7.95. The molecule has 0 spiro atoms. The summed E-state index contributed by atoms with van der Waals surface area (Å²) < 4.78 is 0. The number of aliphatic hydroxyl groups is 1. The molecule has 1 N–H and O–H groups in total. The van der Waals surface area contributed by atoms with Gasteiger partial charge in [-0.1, -0.05) is 12.2 Å². The SMILES string of the molecule is CN=CC1=C(O)CCC=C1.P.P.[Zr]. The molecule has 2 unspecified atom stereocenters. The minimum absolute atomic E-state index is 0. The first-order valence-corrected chi connectivity index (χ1v) is 3.35. The van der Waals surface area contributed by atoms with Gasteiger partial charge in [0.25, 0.3) is 0 Å². The molecule has 1 aliphatic carbocycles. The Kier molecular flexibility index (Phi) is 16.0. The molecular formula is C8H17NOP2Zr. The molecule has 5 heteroatoms. The van der Waals surface area contributed by atoms with Gasteiger partial charge in [0, 0.05) is 51.5 Å². The van der Waals surface area contributed by atoms with Crippen LogP contribution in [0.5, 0.6) is 0 Å². The van der Waals surface area contributed by atoms with Crippen LogP contribution in [0.3, 0.4) is 0 Å². The zero-order chi connectivity index (χ0) is 7.40. The molecule has 0 bridgehead atoms. The summed E-state index contributed by atoms with van der Waals surface area (Å²) in [6.07, 6.45) is 7.29. The van der Waals surface area contributed by atoms with Crippen molar-refractivity contribution in [3.8, 4) is 0 Å². The Balaban J connectivity index is -0.000000333. The van der Waals surface area contributed by atoms with Crippen LogP contribution in [0.4, 0.5) is 0 Å². The molecular weight excluding hydrogens is 279 g/mol. The Labute approximate surface area is 105 Å². The smallest absolute Gasteiger partial charge is 0.101 e. The molecule has 0 saturated carbocycles. The van der Waals surface area contributed by atoms with Gasteiger partial charge in [-0.05, 0) is 6.42 Å². The van der Waals surface area contributed by atoms with Crippen molar-refractivity contribution in [1.82, 2.24) is 0 Å². The summed E-state index contributed by atoms with van der Waals surface area (Å²) in [5.74, 6) is 0.452. The van der Waals surface area contributed by atoms with Gasteiger partial charge in [-0.15, -0.1) is 0 Å². The normalized spacial score (nSPS) is 14.5. The predicted octanol–water partition coefficient (Wildman–Crippen LogP) is 1.96. The summed E-state index contributed by atoms with van der Waals surface area (Å²) in [5, 5.41) is 9.24. The molecule has 0 amide bonds. The second-order valence-corrected chi connectivity index (χ2v) is 2.23. The maximum atomic E-state index is 9.24. The standard InChI is InChI=1S/C8H11NO.2H3P.Zr/c1-9-6-7-4-2-3-5-8(7)10;;;/h2,4,6,10H,3,5H2,1H3;2*1H3;. The largest absolute Gasteiger partial charge is 0.512 e. The average molecular weight is 296 g/mol. The van der Waals surface area contributed by atoms with Crippen molar-refractivity contribution in [3.05, 3.63) is 23.5 Å². The first-order valence-electron chi connectivity index (χ1n) is 3.35. The number of allylic oxidation sites excluding steroid dienone is 4. The van der Waals surface area contributed by atoms with Crippen LogP contribution in [-0.4, -0.2) is 18.4 Å². The molecule has 0 aromatic rings. The zero-order valence-corrected chi connectivity index (χ0v) is 13.2. The van der Waals surface area contributed by atoms with Crippen LogP contribution in [0.2, 0.25) is 0 Å². The van der Waals surface area contributed by atoms with E-state index in [1.807, 2.05) is 12.2 Å². The summed E-state index contributed by atoms with van der Waals surface area (Å²) in [6, 6.07) is 0. The Hall–Kier alpha value is 0.693. The first-order chi connectivity index (χ1) is 4.84. The van der Waals surface area contributed by atoms with E-state index in [2.05, 4.69) is 4.99 Å². The quantitative estimate of drug-likeness (QED) is 0.582. The predicted molar refractivity (Wildman–Crippen MR) is 64.7 cm³/mol. The van der Waals surface area contributed by atoms with Crippen LogP contribution in [-0.2, 0) is 26.2 Å². The third-order valence-electron chi connectivity index (χ3n) is 1.45. The number of aliphatic imine (C=N–C) groups is 1. The number of hydrogen-bond acceptors (Lipinski definition) is 2. The topological polar surface area (TPSA) is 32.6 Å². The van der Waals surface area contributed by atoms with Crippen LogP contribution in [0.1, 0.15) is 12.8 Å². The van der Waals surface area contributed by atoms with Gasteiger partial charge in [0.1, 0.15) is 5.76 Å². The van der Waals surface area contributed by atoms with E-state index in [9.17, 15) is 5.11 Å². The third-order valence-corrected chi connectivity index (χ3v) is 1.45. The maximum Gasteiger partial charge on any atom is 0.101 e. The molecule has 0 aromatic heterocycles. The van der Waals surface area contributed by atoms with Crippen molar-refractivity contribution in [3.63, 3.8) is 0 Å². The van der Waals surface area contributed by atoms with Gasteiger partial charge in [-0.25, -0.2) is 0 Å². The monoisotopic (exact) mass is 295 g/mol. The maximum absolute atomic E-state index is 9.24. The fourth-order valence-electron chi connectivity index (χ4n) is 0.928. The van der Waals surface area contributed by atoms with Crippen LogP contribution >= 0.6 is 19.8 Å². The molecule has 0 heterocycles. The van der Waals surface area contributed by atoms with Crippen LogP contribution in [0, 0.1) is 0 Å². The molecule has 0 aliphatic heterocycles. The van der Waals surface area contributed by atoms with E-state index >= 15 is 0 Å². The van der Waals surface area contributed by atoms with Crippen molar-refractivity contribution in [1.29, 1.82) is 0 Å². The van der Waals surface area contributed by atoms with Crippen LogP contribution in [0.15, 0.2) is 28.5 Å². The van der Waals surface area contributed by atoms with Gasteiger partial charge >= 0.3 is 0 Å². The number of nitrogens with zero attached hydrogens (tertiary/aromatic N) is 1. The van der Waals surface area contributed by atoms with E-state index in [4.69, 9.17) is 0 Å². The Morgan fingerprint density at radius 2 is 2.08 bits per heavy atom. The van der Waals surface area contributed by atoms with E-state index in [-0.39, 0.29) is 46.0 Å². The summed E-state index contributed by atoms with van der Waals surface area (Å²) in [4.78, 5) is 3.82. The van der Waals surface area contributed by atoms with Crippen molar-refractivity contribution >= 4 is 26.0 Å². The summed E-state index contributed by atoms with van der Waals surface area (Å²) >= 11 is 0. The van der Waals surface area contributed by atoms with Crippen molar-refractivity contribution in [2.24, 2.45) is 4.99 Å². The van der Waals surface area contributed by atoms with Gasteiger partial charge in [-0.3, -0.25) is 4.99 Å². The molecule has 13 heavy (non-hydrogen) atoms. The molecule has 0 fully saturated rings. The molecule has 74 valence electrons.